The lowest BCUT2D eigenvalue weighted by molar-refractivity contribution is 0.0665. The van der Waals surface area contributed by atoms with E-state index in [0.29, 0.717) is 5.58 Å². The van der Waals surface area contributed by atoms with Gasteiger partial charge < -0.3 is 14.4 Å². The number of aromatic carboxylic acids is 1. The smallest absolute Gasteiger partial charge is 0.371 e. The highest BCUT2D eigenvalue weighted by molar-refractivity contribution is 5.92. The largest absolute Gasteiger partial charge is 0.475 e. The monoisotopic (exact) mass is 267 g/mol. The summed E-state index contributed by atoms with van der Waals surface area (Å²) in [6, 6.07) is 17.1. The van der Waals surface area contributed by atoms with Gasteiger partial charge in [0, 0.05) is 29.9 Å². The lowest BCUT2D eigenvalue weighted by Gasteiger charge is -2.19. The number of para-hydroxylation sites is 1. The number of carboxylic acid groups (broad SMARTS) is 1. The van der Waals surface area contributed by atoms with Gasteiger partial charge in [-0.1, -0.05) is 18.2 Å². The Morgan fingerprint density at radius 3 is 2.50 bits per heavy atom. The van der Waals surface area contributed by atoms with Crippen LogP contribution in [0.3, 0.4) is 0 Å². The number of furan rings is 1. The minimum Gasteiger partial charge on any atom is -0.475 e. The Morgan fingerprint density at radius 2 is 1.80 bits per heavy atom. The Bertz CT molecular complexity index is 762. The van der Waals surface area contributed by atoms with Gasteiger partial charge >= 0.3 is 5.97 Å². The average Bonchev–Trinajstić information content (AvgIpc) is 2.90. The van der Waals surface area contributed by atoms with Crippen molar-refractivity contribution in [2.45, 2.75) is 0 Å². The van der Waals surface area contributed by atoms with Gasteiger partial charge in [-0.15, -0.1) is 0 Å². The molecule has 4 heteroatoms. The summed E-state index contributed by atoms with van der Waals surface area (Å²) in [5, 5.41) is 9.72. The highest BCUT2D eigenvalue weighted by atomic mass is 16.4. The van der Waals surface area contributed by atoms with Gasteiger partial charge in [0.1, 0.15) is 5.58 Å². The summed E-state index contributed by atoms with van der Waals surface area (Å²) in [6.07, 6.45) is 0. The number of fused-ring (bicyclic) bond motifs is 1. The van der Waals surface area contributed by atoms with Crippen molar-refractivity contribution in [2.75, 3.05) is 11.9 Å². The molecule has 0 aliphatic rings. The zero-order valence-electron chi connectivity index (χ0n) is 10.9. The molecule has 0 saturated carbocycles. The molecular formula is C16H13NO3. The Kier molecular flexibility index (Phi) is 2.91. The molecule has 0 atom stereocenters. The van der Waals surface area contributed by atoms with Crippen LogP contribution in [-0.2, 0) is 0 Å². The van der Waals surface area contributed by atoms with Crippen LogP contribution in [0.25, 0.3) is 11.0 Å². The molecule has 0 bridgehead atoms. The maximum absolute atomic E-state index is 10.9. The Hall–Kier alpha value is -2.75. The van der Waals surface area contributed by atoms with Gasteiger partial charge in [0.05, 0.1) is 0 Å². The Balaban J connectivity index is 2.02. The number of rotatable bonds is 3. The second-order valence-electron chi connectivity index (χ2n) is 4.53. The minimum absolute atomic E-state index is 0.0421. The molecule has 0 spiro atoms. The molecule has 20 heavy (non-hydrogen) atoms. The van der Waals surface area contributed by atoms with Crippen molar-refractivity contribution in [3.63, 3.8) is 0 Å². The van der Waals surface area contributed by atoms with E-state index >= 15 is 0 Å². The highest BCUT2D eigenvalue weighted by Gasteiger charge is 2.12. The number of anilines is 2. The van der Waals surface area contributed by atoms with Crippen LogP contribution in [0, 0.1) is 0 Å². The molecule has 3 aromatic rings. The van der Waals surface area contributed by atoms with Crippen molar-refractivity contribution < 1.29 is 14.3 Å². The van der Waals surface area contributed by atoms with Gasteiger partial charge in [-0.2, -0.15) is 0 Å². The molecular weight excluding hydrogens is 254 g/mol. The minimum atomic E-state index is -1.06. The summed E-state index contributed by atoms with van der Waals surface area (Å²) < 4.78 is 5.33. The maximum Gasteiger partial charge on any atom is 0.371 e. The SMILES string of the molecule is CN(c1ccccc1)c1ccc2cc(C(=O)O)oc2c1. The fraction of sp³-hybridized carbons (Fsp3) is 0.0625. The molecule has 4 nitrogen and oxygen atoms in total. The van der Waals surface area contributed by atoms with Crippen LogP contribution in [0.5, 0.6) is 0 Å². The first-order valence-electron chi connectivity index (χ1n) is 6.21. The van der Waals surface area contributed by atoms with Crippen molar-refractivity contribution in [2.24, 2.45) is 0 Å². The number of nitrogens with zero attached hydrogens (tertiary/aromatic N) is 1. The van der Waals surface area contributed by atoms with E-state index in [9.17, 15) is 4.79 Å². The van der Waals surface area contributed by atoms with Crippen LogP contribution in [0.15, 0.2) is 59.0 Å². The zero-order chi connectivity index (χ0) is 14.1. The van der Waals surface area contributed by atoms with E-state index in [4.69, 9.17) is 9.52 Å². The van der Waals surface area contributed by atoms with E-state index in [2.05, 4.69) is 0 Å². The molecule has 0 amide bonds. The van der Waals surface area contributed by atoms with Crippen molar-refractivity contribution in [1.29, 1.82) is 0 Å². The number of carbonyl (C=O) groups is 1. The molecule has 1 aromatic heterocycles. The fourth-order valence-electron chi connectivity index (χ4n) is 2.13. The topological polar surface area (TPSA) is 53.7 Å². The standard InChI is InChI=1S/C16H13NO3/c1-17(12-5-3-2-4-6-12)13-8-7-11-9-15(16(18)19)20-14(11)10-13/h2-10H,1H3,(H,18,19). The molecule has 0 fully saturated rings. The molecule has 0 aliphatic heterocycles. The number of benzene rings is 2. The van der Waals surface area contributed by atoms with E-state index in [1.165, 1.54) is 6.07 Å². The molecule has 0 aliphatic carbocycles. The van der Waals surface area contributed by atoms with E-state index in [1.54, 1.807) is 0 Å². The normalized spacial score (nSPS) is 10.7. The Morgan fingerprint density at radius 1 is 1.05 bits per heavy atom. The molecule has 2 aromatic carbocycles. The van der Waals surface area contributed by atoms with E-state index in [0.717, 1.165) is 16.8 Å². The average molecular weight is 267 g/mol. The second kappa shape index (κ2) is 4.74. The van der Waals surface area contributed by atoms with Crippen LogP contribution in [0.4, 0.5) is 11.4 Å². The third kappa shape index (κ3) is 2.12. The third-order valence-corrected chi connectivity index (χ3v) is 3.25. The first-order chi connectivity index (χ1) is 9.65. The van der Waals surface area contributed by atoms with E-state index < -0.39 is 5.97 Å². The van der Waals surface area contributed by atoms with Crippen LogP contribution < -0.4 is 4.90 Å². The van der Waals surface area contributed by atoms with Gasteiger partial charge in [0.2, 0.25) is 5.76 Å². The van der Waals surface area contributed by atoms with Gasteiger partial charge in [0.15, 0.2) is 0 Å². The predicted octanol–water partition coefficient (Wildman–Crippen LogP) is 3.90. The summed E-state index contributed by atoms with van der Waals surface area (Å²) >= 11 is 0. The highest BCUT2D eigenvalue weighted by Crippen LogP contribution is 2.28. The lowest BCUT2D eigenvalue weighted by Crippen LogP contribution is -2.08. The number of carboxylic acids is 1. The molecule has 1 N–H and O–H groups in total. The molecule has 1 heterocycles. The molecule has 0 unspecified atom stereocenters. The molecule has 0 radical (unpaired) electrons. The summed E-state index contributed by atoms with van der Waals surface area (Å²) in [7, 11) is 1.96. The van der Waals surface area contributed by atoms with Gasteiger partial charge in [-0.05, 0) is 30.3 Å². The van der Waals surface area contributed by atoms with Crippen LogP contribution in [0.1, 0.15) is 10.6 Å². The lowest BCUT2D eigenvalue weighted by atomic mass is 10.2. The summed E-state index contributed by atoms with van der Waals surface area (Å²) in [4.78, 5) is 12.9. The van der Waals surface area contributed by atoms with E-state index in [-0.39, 0.29) is 5.76 Å². The van der Waals surface area contributed by atoms with E-state index in [1.807, 2.05) is 60.5 Å². The van der Waals surface area contributed by atoms with Gasteiger partial charge in [-0.3, -0.25) is 0 Å². The van der Waals surface area contributed by atoms with Crippen LogP contribution in [-0.4, -0.2) is 18.1 Å². The van der Waals surface area contributed by atoms with Crippen molar-refractivity contribution >= 4 is 28.3 Å². The van der Waals surface area contributed by atoms with Gasteiger partial charge in [0.25, 0.3) is 0 Å². The van der Waals surface area contributed by atoms with Crippen LogP contribution in [0.2, 0.25) is 0 Å². The first-order valence-corrected chi connectivity index (χ1v) is 6.21. The molecule has 0 saturated heterocycles. The van der Waals surface area contributed by atoms with Gasteiger partial charge in [-0.25, -0.2) is 4.79 Å². The number of hydrogen-bond donors (Lipinski definition) is 1. The fourth-order valence-corrected chi connectivity index (χ4v) is 2.13. The first kappa shape index (κ1) is 12.3. The number of hydrogen-bond acceptors (Lipinski definition) is 3. The molecule has 100 valence electrons. The summed E-state index contributed by atoms with van der Waals surface area (Å²) in [5.74, 6) is -1.10. The maximum atomic E-state index is 10.9. The van der Waals surface area contributed by atoms with Crippen molar-refractivity contribution in [3.05, 3.63) is 60.4 Å². The summed E-state index contributed by atoms with van der Waals surface area (Å²) in [5.41, 5.74) is 2.56. The predicted molar refractivity (Wildman–Crippen MR) is 77.7 cm³/mol. The third-order valence-electron chi connectivity index (χ3n) is 3.25. The van der Waals surface area contributed by atoms with Crippen molar-refractivity contribution in [1.82, 2.24) is 0 Å². The Labute approximate surface area is 115 Å². The van der Waals surface area contributed by atoms with Crippen LogP contribution >= 0.6 is 0 Å². The zero-order valence-corrected chi connectivity index (χ0v) is 10.9. The molecule has 3 rings (SSSR count). The quantitative estimate of drug-likeness (QED) is 0.782. The summed E-state index contributed by atoms with van der Waals surface area (Å²) in [6.45, 7) is 0. The second-order valence-corrected chi connectivity index (χ2v) is 4.53. The van der Waals surface area contributed by atoms with Crippen molar-refractivity contribution in [3.8, 4) is 0 Å².